The van der Waals surface area contributed by atoms with E-state index in [1.54, 1.807) is 0 Å². The first kappa shape index (κ1) is 51.1. The second kappa shape index (κ2) is 23.8. The van der Waals surface area contributed by atoms with Gasteiger partial charge in [-0.1, -0.05) is 60.7 Å². The van der Waals surface area contributed by atoms with Gasteiger partial charge in [-0.2, -0.15) is 10.2 Å². The summed E-state index contributed by atoms with van der Waals surface area (Å²) >= 11 is 12.8. The smallest absolute Gasteiger partial charge is 0.259 e. The van der Waals surface area contributed by atoms with Gasteiger partial charge in [-0.15, -0.1) is 0 Å². The molecule has 0 spiro atoms. The highest BCUT2D eigenvalue weighted by molar-refractivity contribution is 9.11. The molecule has 0 unspecified atom stereocenters. The Balaban J connectivity index is 0.870. The Kier molecular flexibility index (Phi) is 17.1. The van der Waals surface area contributed by atoms with E-state index in [0.717, 1.165) is 80.1 Å². The van der Waals surface area contributed by atoms with Crippen LogP contribution in [0.15, 0.2) is 149 Å². The number of amides is 2. The first-order valence-electron chi connectivity index (χ1n) is 22.7. The van der Waals surface area contributed by atoms with Gasteiger partial charge in [0.15, 0.2) is 0 Å². The largest absolute Gasteiger partial charge is 0.506 e. The lowest BCUT2D eigenvalue weighted by atomic mass is 10.0. The molecular formula is C54H48Br4N6O7. The fraction of sp³-hybridized carbons (Fsp3) is 0.185. The third-order valence-electron chi connectivity index (χ3n) is 11.9. The van der Waals surface area contributed by atoms with Crippen LogP contribution < -0.4 is 20.7 Å². The maximum absolute atomic E-state index is 13.3. The normalized spacial score (nSPS) is 11.7. The van der Waals surface area contributed by atoms with Gasteiger partial charge < -0.3 is 35.0 Å². The molecule has 0 aliphatic rings. The number of hydrogen-bond acceptors (Lipinski definition) is 11. The van der Waals surface area contributed by atoms with Crippen molar-refractivity contribution in [2.75, 3.05) is 49.2 Å². The van der Waals surface area contributed by atoms with Gasteiger partial charge in [0.05, 0.1) is 34.5 Å². The molecule has 0 aliphatic carbocycles. The SMILES string of the molecule is O=C(CN(CCCCOCCCCN(CC(=O)N/N=C\c1cc(Br)c(O)c(Br)c1O)c1ccc2cc3ccccc3cc2c1)c1ccc2cc3ccccc3cc2c1)N/N=C\c1cc(Br)c(O)c(Br)c1O. The van der Waals surface area contributed by atoms with E-state index in [2.05, 4.69) is 158 Å². The Morgan fingerprint density at radius 1 is 0.479 bits per heavy atom. The van der Waals surface area contributed by atoms with Crippen LogP contribution >= 0.6 is 63.7 Å². The molecule has 0 saturated carbocycles. The standard InChI is InChI=1S/C54H48Br4N6O7/c55-45-27-41(51(67)49(57)53(45)69)29-59-61-47(65)31-63(43-15-13-37-21-33-9-1-3-11-35(33)23-39(37)25-43)17-5-7-19-71-20-8-6-18-64(32-48(66)62-60-30-42-28-46(56)54(70)50(58)52(42)68)44-16-14-38-22-34-10-2-4-12-36(34)24-40(38)26-44/h1-4,9-16,21-30,67-70H,5-8,17-20,31-32H2,(H,61,65)(H,62,66)/b59-29-,60-30-. The Labute approximate surface area is 443 Å². The highest BCUT2D eigenvalue weighted by Crippen LogP contribution is 2.42. The number of unbranched alkanes of at least 4 members (excludes halogenated alkanes) is 2. The van der Waals surface area contributed by atoms with Gasteiger partial charge in [-0.3, -0.25) is 9.59 Å². The topological polar surface area (TPSA) is 180 Å². The highest BCUT2D eigenvalue weighted by atomic mass is 79.9. The van der Waals surface area contributed by atoms with Crippen molar-refractivity contribution in [2.45, 2.75) is 25.7 Å². The van der Waals surface area contributed by atoms with E-state index in [0.29, 0.717) is 46.4 Å². The minimum Gasteiger partial charge on any atom is -0.506 e. The molecule has 0 heterocycles. The van der Waals surface area contributed by atoms with Gasteiger partial charge in [0.2, 0.25) is 0 Å². The third kappa shape index (κ3) is 12.8. The van der Waals surface area contributed by atoms with Gasteiger partial charge in [0.1, 0.15) is 31.9 Å². The number of nitrogens with one attached hydrogen (secondary N) is 2. The molecule has 13 nitrogen and oxygen atoms in total. The zero-order valence-corrected chi connectivity index (χ0v) is 44.4. The minimum atomic E-state index is -0.347. The van der Waals surface area contributed by atoms with Crippen molar-refractivity contribution in [1.29, 1.82) is 0 Å². The maximum atomic E-state index is 13.3. The lowest BCUT2D eigenvalue weighted by molar-refractivity contribution is -0.120. The van der Waals surface area contributed by atoms with Crippen molar-refractivity contribution < 1.29 is 34.8 Å². The van der Waals surface area contributed by atoms with Crippen molar-refractivity contribution in [2.24, 2.45) is 10.2 Å². The monoisotopic (exact) mass is 1210 g/mol. The van der Waals surface area contributed by atoms with E-state index in [-0.39, 0.29) is 56.8 Å². The summed E-state index contributed by atoms with van der Waals surface area (Å²) in [6.07, 6.45) is 5.64. The quantitative estimate of drug-likeness (QED) is 0.0187. The number of halogens is 4. The number of phenolic OH excluding ortho intramolecular Hbond substituents is 4. The van der Waals surface area contributed by atoms with Crippen molar-refractivity contribution in [3.63, 3.8) is 0 Å². The van der Waals surface area contributed by atoms with Crippen molar-refractivity contribution in [3.05, 3.63) is 150 Å². The zero-order chi connectivity index (χ0) is 50.0. The van der Waals surface area contributed by atoms with Crippen LogP contribution in [0.2, 0.25) is 0 Å². The number of fused-ring (bicyclic) bond motifs is 4. The summed E-state index contributed by atoms with van der Waals surface area (Å²) in [4.78, 5) is 30.7. The van der Waals surface area contributed by atoms with Gasteiger partial charge in [0.25, 0.3) is 11.8 Å². The number of nitrogens with zero attached hydrogens (tertiary/aromatic N) is 4. The lowest BCUT2D eigenvalue weighted by Gasteiger charge is -2.25. The molecule has 17 heteroatoms. The second-order valence-electron chi connectivity index (χ2n) is 16.8. The molecule has 0 radical (unpaired) electrons. The van der Waals surface area contributed by atoms with Gasteiger partial charge in [0, 0.05) is 48.8 Å². The fourth-order valence-corrected chi connectivity index (χ4v) is 10.5. The van der Waals surface area contributed by atoms with E-state index in [9.17, 15) is 30.0 Å². The highest BCUT2D eigenvalue weighted by Gasteiger charge is 2.17. The number of phenols is 4. The van der Waals surface area contributed by atoms with Crippen molar-refractivity contribution in [1.82, 2.24) is 10.9 Å². The van der Waals surface area contributed by atoms with E-state index in [1.807, 2.05) is 46.2 Å². The van der Waals surface area contributed by atoms with E-state index >= 15 is 0 Å². The summed E-state index contributed by atoms with van der Waals surface area (Å²) in [6, 6.07) is 40.4. The molecular weight excluding hydrogens is 1160 g/mol. The summed E-state index contributed by atoms with van der Waals surface area (Å²) in [5.41, 5.74) is 7.52. The van der Waals surface area contributed by atoms with Gasteiger partial charge >= 0.3 is 0 Å². The van der Waals surface area contributed by atoms with Crippen LogP contribution in [-0.4, -0.2) is 84.1 Å². The number of hydrazone groups is 2. The molecule has 71 heavy (non-hydrogen) atoms. The molecule has 8 aromatic rings. The number of rotatable bonds is 20. The number of carbonyl (C=O) groups excluding carboxylic acids is 2. The zero-order valence-electron chi connectivity index (χ0n) is 38.1. The van der Waals surface area contributed by atoms with Crippen LogP contribution in [-0.2, 0) is 14.3 Å². The van der Waals surface area contributed by atoms with Crippen LogP contribution in [0, 0.1) is 0 Å². The van der Waals surface area contributed by atoms with E-state index < -0.39 is 0 Å². The summed E-state index contributed by atoms with van der Waals surface area (Å²) in [5.74, 6) is -1.42. The Bertz CT molecular complexity index is 3120. The minimum absolute atomic E-state index is 0.0267. The van der Waals surface area contributed by atoms with E-state index in [4.69, 9.17) is 4.74 Å². The lowest BCUT2D eigenvalue weighted by Crippen LogP contribution is -2.36. The number of aromatic hydroxyl groups is 4. The molecule has 0 aromatic heterocycles. The Hall–Kier alpha value is -6.24. The molecule has 0 aliphatic heterocycles. The summed E-state index contributed by atoms with van der Waals surface area (Å²) in [5, 5.41) is 58.1. The molecule has 364 valence electrons. The summed E-state index contributed by atoms with van der Waals surface area (Å²) < 4.78 is 7.03. The average molecular weight is 1210 g/mol. The molecule has 0 saturated heterocycles. The van der Waals surface area contributed by atoms with Crippen LogP contribution in [0.4, 0.5) is 11.4 Å². The number of ether oxygens (including phenoxy) is 1. The summed E-state index contributed by atoms with van der Waals surface area (Å²) in [6.45, 7) is 2.26. The van der Waals surface area contributed by atoms with Crippen LogP contribution in [0.1, 0.15) is 36.8 Å². The molecule has 8 aromatic carbocycles. The van der Waals surface area contributed by atoms with Crippen LogP contribution in [0.3, 0.4) is 0 Å². The van der Waals surface area contributed by atoms with Crippen molar-refractivity contribution >= 4 is 142 Å². The number of carbonyl (C=O) groups is 2. The van der Waals surface area contributed by atoms with E-state index in [1.165, 1.54) is 24.6 Å². The Morgan fingerprint density at radius 3 is 1.24 bits per heavy atom. The number of benzene rings is 8. The van der Waals surface area contributed by atoms with Crippen molar-refractivity contribution in [3.8, 4) is 23.0 Å². The number of anilines is 2. The maximum Gasteiger partial charge on any atom is 0.259 e. The Morgan fingerprint density at radius 2 is 0.845 bits per heavy atom. The van der Waals surface area contributed by atoms with Gasteiger partial charge in [-0.05, 0) is 193 Å². The first-order chi connectivity index (χ1) is 34.3. The fourth-order valence-electron chi connectivity index (χ4n) is 8.16. The molecule has 0 atom stereocenters. The van der Waals surface area contributed by atoms with Gasteiger partial charge in [-0.25, -0.2) is 10.9 Å². The second-order valence-corrected chi connectivity index (χ2v) is 20.1. The molecule has 0 fully saturated rings. The first-order valence-corrected chi connectivity index (χ1v) is 25.9. The predicted molar refractivity (Wildman–Crippen MR) is 298 cm³/mol. The summed E-state index contributed by atoms with van der Waals surface area (Å²) in [7, 11) is 0. The molecule has 0 bridgehead atoms. The molecule has 2 amide bonds. The van der Waals surface area contributed by atoms with Crippen LogP contribution in [0.5, 0.6) is 23.0 Å². The predicted octanol–water partition coefficient (Wildman–Crippen LogP) is 12.4. The average Bonchev–Trinajstić information content (AvgIpc) is 3.37. The number of hydrogen-bond donors (Lipinski definition) is 6. The molecule has 8 rings (SSSR count). The molecule has 6 N–H and O–H groups in total. The third-order valence-corrected chi connectivity index (χ3v) is 14.6. The van der Waals surface area contributed by atoms with Crippen LogP contribution in [0.25, 0.3) is 43.1 Å².